The molecule has 0 aliphatic carbocycles. The van der Waals surface area contributed by atoms with E-state index in [9.17, 15) is 0 Å². The summed E-state index contributed by atoms with van der Waals surface area (Å²) in [6.07, 6.45) is 0. The molecule has 1 aliphatic rings. The Morgan fingerprint density at radius 3 is 2.33 bits per heavy atom. The Bertz CT molecular complexity index is 1030. The quantitative estimate of drug-likeness (QED) is 0.482. The van der Waals surface area contributed by atoms with Crippen molar-refractivity contribution in [2.45, 2.75) is 6.92 Å². The third-order valence-corrected chi connectivity index (χ3v) is 5.23. The van der Waals surface area contributed by atoms with E-state index in [-0.39, 0.29) is 0 Å². The molecule has 4 rings (SSSR count). The van der Waals surface area contributed by atoms with Gasteiger partial charge in [0.05, 0.1) is 5.69 Å². The molecule has 0 spiro atoms. The summed E-state index contributed by atoms with van der Waals surface area (Å²) in [6, 6.07) is 24.1. The molecule has 0 saturated carbocycles. The fraction of sp³-hybridized carbons (Fsp3) is 0.0909. The molecule has 0 bridgehead atoms. The van der Waals surface area contributed by atoms with Gasteiger partial charge in [-0.3, -0.25) is 0 Å². The molecule has 3 aromatic rings. The van der Waals surface area contributed by atoms with Gasteiger partial charge >= 0.3 is 0 Å². The lowest BCUT2D eigenvalue weighted by atomic mass is 10.00. The smallest absolute Gasteiger partial charge is 0.162 e. The topological polar surface area (TPSA) is 28.0 Å². The summed E-state index contributed by atoms with van der Waals surface area (Å²) in [5.41, 5.74) is 4.87. The van der Waals surface area contributed by atoms with E-state index in [1.807, 2.05) is 72.8 Å². The zero-order valence-corrected chi connectivity index (χ0v) is 17.1. The summed E-state index contributed by atoms with van der Waals surface area (Å²) in [5, 5.41) is 9.98. The molecule has 0 aromatic heterocycles. The van der Waals surface area contributed by atoms with Crippen LogP contribution in [0.2, 0.25) is 5.02 Å². The maximum Gasteiger partial charge on any atom is 0.162 e. The van der Waals surface area contributed by atoms with E-state index in [4.69, 9.17) is 11.6 Å². The highest BCUT2D eigenvalue weighted by Crippen LogP contribution is 2.31. The van der Waals surface area contributed by atoms with Crippen LogP contribution in [-0.4, -0.2) is 18.1 Å². The predicted octanol–water partition coefficient (Wildman–Crippen LogP) is 6.14. The number of anilines is 1. The molecule has 5 heteroatoms. The maximum atomic E-state index is 6.33. The lowest BCUT2D eigenvalue weighted by Crippen LogP contribution is -2.31. The highest BCUT2D eigenvalue weighted by Gasteiger charge is 2.24. The Labute approximate surface area is 172 Å². The molecule has 0 unspecified atom stereocenters. The number of halogens is 2. The average molecular weight is 439 g/mol. The average Bonchev–Trinajstić information content (AvgIpc) is 2.85. The number of nitrogens with zero attached hydrogens (tertiary/aromatic N) is 3. The monoisotopic (exact) mass is 437 g/mol. The van der Waals surface area contributed by atoms with Gasteiger partial charge in [0, 0.05) is 32.7 Å². The van der Waals surface area contributed by atoms with Crippen LogP contribution < -0.4 is 4.90 Å². The van der Waals surface area contributed by atoms with Crippen molar-refractivity contribution in [1.29, 1.82) is 0 Å². The number of hydrogen-bond acceptors (Lipinski definition) is 3. The number of benzene rings is 3. The van der Waals surface area contributed by atoms with E-state index in [0.29, 0.717) is 5.02 Å². The zero-order chi connectivity index (χ0) is 18.8. The molecule has 0 amide bonds. The van der Waals surface area contributed by atoms with E-state index in [1.165, 1.54) is 0 Å². The van der Waals surface area contributed by atoms with Crippen LogP contribution in [0.1, 0.15) is 23.6 Å². The summed E-state index contributed by atoms with van der Waals surface area (Å²) in [6.45, 7) is 2.88. The summed E-state index contributed by atoms with van der Waals surface area (Å²) < 4.78 is 1.03. The first-order valence-corrected chi connectivity index (χ1v) is 9.89. The second-order valence-corrected chi connectivity index (χ2v) is 7.50. The van der Waals surface area contributed by atoms with Crippen LogP contribution in [0, 0.1) is 0 Å². The van der Waals surface area contributed by atoms with Gasteiger partial charge in [0.25, 0.3) is 0 Å². The van der Waals surface area contributed by atoms with Crippen LogP contribution in [-0.2, 0) is 0 Å². The van der Waals surface area contributed by atoms with Gasteiger partial charge in [0.1, 0.15) is 5.71 Å². The lowest BCUT2D eigenvalue weighted by molar-refractivity contribution is 1.04. The van der Waals surface area contributed by atoms with E-state index in [0.717, 1.165) is 44.9 Å². The fourth-order valence-corrected chi connectivity index (χ4v) is 3.63. The molecule has 0 N–H and O–H groups in total. The van der Waals surface area contributed by atoms with Crippen LogP contribution in [0.4, 0.5) is 5.69 Å². The molecule has 0 radical (unpaired) electrons. The van der Waals surface area contributed by atoms with Gasteiger partial charge < -0.3 is 4.90 Å². The van der Waals surface area contributed by atoms with Crippen molar-refractivity contribution in [3.8, 4) is 0 Å². The van der Waals surface area contributed by atoms with Crippen LogP contribution in [0.5, 0.6) is 0 Å². The fourth-order valence-electron chi connectivity index (χ4n) is 3.19. The van der Waals surface area contributed by atoms with Crippen LogP contribution >= 0.6 is 27.5 Å². The van der Waals surface area contributed by atoms with Gasteiger partial charge in [-0.15, -0.1) is 10.2 Å². The third kappa shape index (κ3) is 3.55. The van der Waals surface area contributed by atoms with E-state index >= 15 is 0 Å². The van der Waals surface area contributed by atoms with Crippen LogP contribution in [0.15, 0.2) is 87.5 Å². The molecule has 0 atom stereocenters. The van der Waals surface area contributed by atoms with Crippen molar-refractivity contribution in [3.63, 3.8) is 0 Å². The van der Waals surface area contributed by atoms with E-state index in [1.54, 1.807) is 0 Å². The van der Waals surface area contributed by atoms with Crippen molar-refractivity contribution >= 4 is 44.8 Å². The standard InChI is InChI=1S/C22H17BrClN3/c1-2-27-20-13-12-18(24)14-19(20)21(15-6-4-3-5-7-15)25-26-22(27)16-8-10-17(23)11-9-16/h3-14H,2H2,1H3. The predicted molar refractivity (Wildman–Crippen MR) is 117 cm³/mol. The van der Waals surface area contributed by atoms with Crippen molar-refractivity contribution < 1.29 is 0 Å². The zero-order valence-electron chi connectivity index (χ0n) is 14.7. The van der Waals surface area contributed by atoms with Gasteiger partial charge in [-0.05, 0) is 37.3 Å². The molecular formula is C22H17BrClN3. The van der Waals surface area contributed by atoms with Crippen LogP contribution in [0.3, 0.4) is 0 Å². The van der Waals surface area contributed by atoms with Crippen molar-refractivity contribution in [1.82, 2.24) is 0 Å². The first kappa shape index (κ1) is 18.0. The van der Waals surface area contributed by atoms with Crippen molar-refractivity contribution in [2.24, 2.45) is 10.2 Å². The molecule has 0 fully saturated rings. The number of amidine groups is 1. The Balaban J connectivity index is 1.95. The molecule has 134 valence electrons. The van der Waals surface area contributed by atoms with Crippen LogP contribution in [0.25, 0.3) is 0 Å². The van der Waals surface area contributed by atoms with Crippen molar-refractivity contribution in [3.05, 3.63) is 99.0 Å². The molecule has 27 heavy (non-hydrogen) atoms. The Kier molecular flexibility index (Phi) is 5.10. The van der Waals surface area contributed by atoms with Gasteiger partial charge in [-0.1, -0.05) is 70.0 Å². The normalized spacial score (nSPS) is 13.5. The van der Waals surface area contributed by atoms with Gasteiger partial charge in [0.2, 0.25) is 0 Å². The molecule has 1 aliphatic heterocycles. The largest absolute Gasteiger partial charge is 0.324 e. The highest BCUT2D eigenvalue weighted by molar-refractivity contribution is 9.10. The number of rotatable bonds is 3. The number of hydrogen-bond donors (Lipinski definition) is 0. The molecule has 3 nitrogen and oxygen atoms in total. The maximum absolute atomic E-state index is 6.33. The molecule has 0 saturated heterocycles. The van der Waals surface area contributed by atoms with E-state index in [2.05, 4.69) is 38.0 Å². The highest BCUT2D eigenvalue weighted by atomic mass is 79.9. The second kappa shape index (κ2) is 7.67. The second-order valence-electron chi connectivity index (χ2n) is 6.15. The number of fused-ring (bicyclic) bond motifs is 1. The minimum Gasteiger partial charge on any atom is -0.324 e. The first-order valence-electron chi connectivity index (χ1n) is 8.72. The summed E-state index contributed by atoms with van der Waals surface area (Å²) in [7, 11) is 0. The van der Waals surface area contributed by atoms with Gasteiger partial charge in [-0.25, -0.2) is 0 Å². The molecule has 1 heterocycles. The van der Waals surface area contributed by atoms with Gasteiger partial charge in [0.15, 0.2) is 5.84 Å². The summed E-state index contributed by atoms with van der Waals surface area (Å²) in [4.78, 5) is 2.17. The lowest BCUT2D eigenvalue weighted by Gasteiger charge is -2.25. The minimum absolute atomic E-state index is 0.681. The molecular weight excluding hydrogens is 422 g/mol. The third-order valence-electron chi connectivity index (χ3n) is 4.47. The summed E-state index contributed by atoms with van der Waals surface area (Å²) in [5.74, 6) is 0.819. The van der Waals surface area contributed by atoms with Gasteiger partial charge in [-0.2, -0.15) is 0 Å². The van der Waals surface area contributed by atoms with Crippen molar-refractivity contribution in [2.75, 3.05) is 11.4 Å². The molecule has 3 aromatic carbocycles. The Hall–Kier alpha value is -2.43. The summed E-state index contributed by atoms with van der Waals surface area (Å²) >= 11 is 9.82. The SMILES string of the molecule is CCN1C(c2ccc(Br)cc2)=NN=C(c2ccccc2)c2cc(Cl)ccc21. The minimum atomic E-state index is 0.681. The Morgan fingerprint density at radius 2 is 1.63 bits per heavy atom. The first-order chi connectivity index (χ1) is 13.2. The van der Waals surface area contributed by atoms with E-state index < -0.39 is 0 Å². The Morgan fingerprint density at radius 1 is 0.889 bits per heavy atom.